The Kier molecular flexibility index (Phi) is 5.58. The molecular formula is C18H25N7OS. The molecule has 2 aliphatic heterocycles. The van der Waals surface area contributed by atoms with Crippen molar-refractivity contribution in [2.45, 2.75) is 6.92 Å². The van der Waals surface area contributed by atoms with E-state index in [0.29, 0.717) is 5.69 Å². The third-order valence-corrected chi connectivity index (χ3v) is 6.09. The summed E-state index contributed by atoms with van der Waals surface area (Å²) in [5.74, 6) is 3.90. The summed E-state index contributed by atoms with van der Waals surface area (Å²) in [5.41, 5.74) is 0.467. The van der Waals surface area contributed by atoms with E-state index >= 15 is 0 Å². The van der Waals surface area contributed by atoms with Gasteiger partial charge in [-0.25, -0.2) is 15.0 Å². The molecule has 4 heterocycles. The Morgan fingerprint density at radius 2 is 1.78 bits per heavy atom. The van der Waals surface area contributed by atoms with E-state index in [1.54, 1.807) is 23.4 Å². The number of thioether (sulfide) groups is 1. The van der Waals surface area contributed by atoms with Crippen LogP contribution in [0.4, 0.5) is 5.82 Å². The summed E-state index contributed by atoms with van der Waals surface area (Å²) >= 11 is 1.97. The fourth-order valence-corrected chi connectivity index (χ4v) is 4.33. The van der Waals surface area contributed by atoms with E-state index in [-0.39, 0.29) is 5.91 Å². The van der Waals surface area contributed by atoms with Gasteiger partial charge in [0.25, 0.3) is 5.91 Å². The molecule has 4 rings (SSSR count). The van der Waals surface area contributed by atoms with E-state index in [0.717, 1.165) is 69.0 Å². The Hall–Kier alpha value is -2.13. The fourth-order valence-electron chi connectivity index (χ4n) is 3.43. The first kappa shape index (κ1) is 18.2. The maximum atomic E-state index is 12.7. The van der Waals surface area contributed by atoms with E-state index in [9.17, 15) is 4.79 Å². The summed E-state index contributed by atoms with van der Waals surface area (Å²) < 4.78 is 1.80. The molecule has 27 heavy (non-hydrogen) atoms. The molecule has 2 aromatic rings. The van der Waals surface area contributed by atoms with Gasteiger partial charge in [0.05, 0.1) is 0 Å². The predicted octanol–water partition coefficient (Wildman–Crippen LogP) is 0.993. The molecule has 0 aliphatic carbocycles. The number of piperazine rings is 1. The van der Waals surface area contributed by atoms with E-state index in [2.05, 4.69) is 31.7 Å². The number of hydrogen-bond acceptors (Lipinski definition) is 7. The van der Waals surface area contributed by atoms with Crippen LogP contribution in [0.2, 0.25) is 0 Å². The van der Waals surface area contributed by atoms with Crippen LogP contribution in [0.15, 0.2) is 24.9 Å². The number of anilines is 1. The summed E-state index contributed by atoms with van der Waals surface area (Å²) in [6, 6.07) is 1.96. The van der Waals surface area contributed by atoms with Crippen LogP contribution in [0.5, 0.6) is 0 Å². The van der Waals surface area contributed by atoms with Crippen molar-refractivity contribution in [2.75, 3.05) is 62.2 Å². The minimum atomic E-state index is -0.00756. The lowest BCUT2D eigenvalue weighted by molar-refractivity contribution is 0.0638. The van der Waals surface area contributed by atoms with Crippen molar-refractivity contribution in [2.24, 2.45) is 0 Å². The molecule has 2 fully saturated rings. The van der Waals surface area contributed by atoms with Gasteiger partial charge in [0.15, 0.2) is 0 Å². The summed E-state index contributed by atoms with van der Waals surface area (Å²) in [7, 11) is 0. The molecule has 0 N–H and O–H groups in total. The summed E-state index contributed by atoms with van der Waals surface area (Å²) in [6.07, 6.45) is 5.01. The molecule has 0 bridgehead atoms. The molecule has 8 nitrogen and oxygen atoms in total. The quantitative estimate of drug-likeness (QED) is 0.775. The second-order valence-corrected chi connectivity index (χ2v) is 7.95. The molecule has 0 unspecified atom stereocenters. The number of aromatic nitrogens is 4. The average Bonchev–Trinajstić information content (AvgIpc) is 3.24. The van der Waals surface area contributed by atoms with Crippen LogP contribution in [0.25, 0.3) is 5.82 Å². The number of nitrogens with zero attached hydrogens (tertiary/aromatic N) is 7. The number of hydrogen-bond donors (Lipinski definition) is 0. The fraction of sp³-hybridized carbons (Fsp3) is 0.556. The lowest BCUT2D eigenvalue weighted by Gasteiger charge is -2.33. The number of imidazole rings is 1. The van der Waals surface area contributed by atoms with Crippen LogP contribution in [0.1, 0.15) is 17.4 Å². The Morgan fingerprint density at radius 1 is 1.04 bits per heavy atom. The topological polar surface area (TPSA) is 70.4 Å². The molecular weight excluding hydrogens is 362 g/mol. The number of amides is 1. The molecule has 0 radical (unpaired) electrons. The average molecular weight is 388 g/mol. The predicted molar refractivity (Wildman–Crippen MR) is 107 cm³/mol. The van der Waals surface area contributed by atoms with Crippen molar-refractivity contribution in [1.29, 1.82) is 0 Å². The summed E-state index contributed by atoms with van der Waals surface area (Å²) in [4.78, 5) is 32.4. The van der Waals surface area contributed by atoms with E-state index < -0.39 is 0 Å². The highest BCUT2D eigenvalue weighted by Gasteiger charge is 2.23. The Balaban J connectivity index is 1.47. The van der Waals surface area contributed by atoms with Gasteiger partial charge in [0.1, 0.15) is 30.0 Å². The second kappa shape index (κ2) is 8.26. The Morgan fingerprint density at radius 3 is 2.52 bits per heavy atom. The van der Waals surface area contributed by atoms with Crippen molar-refractivity contribution < 1.29 is 4.79 Å². The first-order chi connectivity index (χ1) is 13.2. The molecule has 144 valence electrons. The summed E-state index contributed by atoms with van der Waals surface area (Å²) in [6.45, 7) is 8.53. The van der Waals surface area contributed by atoms with Crippen molar-refractivity contribution in [3.8, 4) is 5.82 Å². The molecule has 0 spiro atoms. The SMILES string of the molecule is CCN1CCN(C(=O)c2cn(-c3cc(N4CCSCC4)ncn3)cn2)CC1. The third kappa shape index (κ3) is 4.08. The van der Waals surface area contributed by atoms with E-state index in [4.69, 9.17) is 0 Å². The van der Waals surface area contributed by atoms with Gasteiger partial charge in [-0.2, -0.15) is 11.8 Å². The second-order valence-electron chi connectivity index (χ2n) is 6.73. The van der Waals surface area contributed by atoms with Crippen LogP contribution in [0.3, 0.4) is 0 Å². The van der Waals surface area contributed by atoms with Crippen molar-refractivity contribution in [1.82, 2.24) is 29.3 Å². The van der Waals surface area contributed by atoms with Crippen LogP contribution < -0.4 is 4.90 Å². The molecule has 2 saturated heterocycles. The van der Waals surface area contributed by atoms with Crippen LogP contribution in [0, 0.1) is 0 Å². The molecule has 0 saturated carbocycles. The maximum Gasteiger partial charge on any atom is 0.274 e. The van der Waals surface area contributed by atoms with Gasteiger partial charge in [-0.05, 0) is 6.54 Å². The number of likely N-dealkylation sites (N-methyl/N-ethyl adjacent to an activating group) is 1. The smallest absolute Gasteiger partial charge is 0.274 e. The number of carbonyl (C=O) groups excluding carboxylic acids is 1. The largest absolute Gasteiger partial charge is 0.355 e. The normalized spacial score (nSPS) is 18.7. The van der Waals surface area contributed by atoms with E-state index in [1.807, 2.05) is 22.7 Å². The first-order valence-corrected chi connectivity index (χ1v) is 10.6. The van der Waals surface area contributed by atoms with Gasteiger partial charge >= 0.3 is 0 Å². The Labute approximate surface area is 163 Å². The number of rotatable bonds is 4. The van der Waals surface area contributed by atoms with Crippen molar-refractivity contribution in [3.05, 3.63) is 30.6 Å². The standard InChI is InChI=1S/C18H25N7OS/c1-2-22-3-5-24(6-4-22)18(26)15-12-25(14-21-15)17-11-16(19-13-20-17)23-7-9-27-10-8-23/h11-14H,2-10H2,1H3. The third-order valence-electron chi connectivity index (χ3n) is 5.15. The van der Waals surface area contributed by atoms with Gasteiger partial charge in [0.2, 0.25) is 0 Å². The van der Waals surface area contributed by atoms with Crippen LogP contribution >= 0.6 is 11.8 Å². The van der Waals surface area contributed by atoms with Gasteiger partial charge in [-0.15, -0.1) is 0 Å². The molecule has 0 aromatic carbocycles. The highest BCUT2D eigenvalue weighted by atomic mass is 32.2. The monoisotopic (exact) mass is 387 g/mol. The lowest BCUT2D eigenvalue weighted by Crippen LogP contribution is -2.48. The summed E-state index contributed by atoms with van der Waals surface area (Å²) in [5, 5.41) is 0. The zero-order valence-corrected chi connectivity index (χ0v) is 16.4. The van der Waals surface area contributed by atoms with Gasteiger partial charge in [-0.1, -0.05) is 6.92 Å². The van der Waals surface area contributed by atoms with Crippen LogP contribution in [-0.2, 0) is 0 Å². The minimum absolute atomic E-state index is 0.00756. The van der Waals surface area contributed by atoms with Gasteiger partial charge < -0.3 is 14.7 Å². The van der Waals surface area contributed by atoms with Crippen molar-refractivity contribution in [3.63, 3.8) is 0 Å². The molecule has 2 aliphatic rings. The maximum absolute atomic E-state index is 12.7. The molecule has 1 amide bonds. The highest BCUT2D eigenvalue weighted by molar-refractivity contribution is 7.99. The minimum Gasteiger partial charge on any atom is -0.355 e. The molecule has 0 atom stereocenters. The van der Waals surface area contributed by atoms with Gasteiger partial charge in [-0.3, -0.25) is 9.36 Å². The zero-order valence-electron chi connectivity index (χ0n) is 15.6. The zero-order chi connectivity index (χ0) is 18.6. The van der Waals surface area contributed by atoms with Crippen LogP contribution in [-0.4, -0.2) is 92.5 Å². The highest BCUT2D eigenvalue weighted by Crippen LogP contribution is 2.19. The Bertz CT molecular complexity index is 782. The first-order valence-electron chi connectivity index (χ1n) is 9.45. The number of carbonyl (C=O) groups is 1. The van der Waals surface area contributed by atoms with E-state index in [1.165, 1.54) is 0 Å². The molecule has 9 heteroatoms. The lowest BCUT2D eigenvalue weighted by atomic mass is 10.3. The van der Waals surface area contributed by atoms with Crippen molar-refractivity contribution >= 4 is 23.5 Å². The molecule has 2 aromatic heterocycles. The van der Waals surface area contributed by atoms with Gasteiger partial charge in [0, 0.05) is 63.0 Å².